The second kappa shape index (κ2) is 10.8. The van der Waals surface area contributed by atoms with Crippen molar-refractivity contribution in [3.8, 4) is 0 Å². The van der Waals surface area contributed by atoms with Crippen LogP contribution < -0.4 is 10.6 Å². The average molecular weight is 560 g/mol. The number of thioether (sulfide) groups is 1. The summed E-state index contributed by atoms with van der Waals surface area (Å²) in [6, 6.07) is -0.347. The van der Waals surface area contributed by atoms with E-state index in [1.54, 1.807) is 20.8 Å². The molecule has 0 fully saturated rings. The highest BCUT2D eigenvalue weighted by atomic mass is 32.2. The minimum Gasteiger partial charge on any atom is -0.456 e. The van der Waals surface area contributed by atoms with Crippen LogP contribution in [-0.4, -0.2) is 59.6 Å². The third-order valence-electron chi connectivity index (χ3n) is 6.99. The molecule has 6 nitrogen and oxygen atoms in total. The zero-order valence-electron chi connectivity index (χ0n) is 22.0. The number of esters is 1. The molecule has 0 radical (unpaired) electrons. The van der Waals surface area contributed by atoms with Crippen molar-refractivity contribution >= 4 is 40.1 Å². The normalized spacial score (nSPS) is 22.6. The van der Waals surface area contributed by atoms with Crippen molar-refractivity contribution in [1.29, 1.82) is 0 Å². The number of anilines is 1. The monoisotopic (exact) mass is 559 g/mol. The average Bonchev–Trinajstić information content (AvgIpc) is 3.33. The number of amides is 2. The van der Waals surface area contributed by atoms with E-state index in [1.165, 1.54) is 11.3 Å². The zero-order chi connectivity index (χ0) is 27.1. The van der Waals surface area contributed by atoms with Crippen LogP contribution in [0.1, 0.15) is 74.7 Å². The van der Waals surface area contributed by atoms with Gasteiger partial charge in [0.2, 0.25) is 0 Å². The van der Waals surface area contributed by atoms with Crippen molar-refractivity contribution in [1.82, 2.24) is 10.2 Å². The summed E-state index contributed by atoms with van der Waals surface area (Å²) in [5, 5.41) is 4.27. The first-order valence-corrected chi connectivity index (χ1v) is 14.6. The maximum absolute atomic E-state index is 13.9. The molecule has 2 N–H and O–H groups in total. The van der Waals surface area contributed by atoms with Crippen molar-refractivity contribution in [3.05, 3.63) is 26.5 Å². The molecule has 11 heteroatoms. The highest BCUT2D eigenvalue weighted by Gasteiger charge is 2.51. The zero-order valence-corrected chi connectivity index (χ0v) is 23.6. The van der Waals surface area contributed by atoms with Gasteiger partial charge in [-0.3, -0.25) is 10.2 Å². The van der Waals surface area contributed by atoms with Crippen LogP contribution in [0.2, 0.25) is 0 Å². The number of aryl methyl sites for hydroxylation is 1. The Morgan fingerprint density at radius 1 is 1.14 bits per heavy atom. The van der Waals surface area contributed by atoms with E-state index in [2.05, 4.69) is 15.5 Å². The number of nitrogens with one attached hydrogen (secondary N) is 2. The van der Waals surface area contributed by atoms with E-state index < -0.39 is 34.9 Å². The van der Waals surface area contributed by atoms with E-state index in [-0.39, 0.29) is 12.6 Å². The molecule has 0 saturated heterocycles. The summed E-state index contributed by atoms with van der Waals surface area (Å²) in [4.78, 5) is 30.0. The summed E-state index contributed by atoms with van der Waals surface area (Å²) in [5.74, 6) is -1.29. The van der Waals surface area contributed by atoms with Crippen LogP contribution >= 0.6 is 23.1 Å². The van der Waals surface area contributed by atoms with Crippen molar-refractivity contribution in [2.24, 2.45) is 5.92 Å². The molecule has 3 aliphatic rings. The lowest BCUT2D eigenvalue weighted by atomic mass is 9.90. The number of carbonyl (C=O) groups excluding carboxylic acids is 2. The highest BCUT2D eigenvalue weighted by molar-refractivity contribution is 8.04. The number of ether oxygens (including phenoxy) is 1. The Morgan fingerprint density at radius 2 is 1.84 bits per heavy atom. The molecule has 2 unspecified atom stereocenters. The predicted molar refractivity (Wildman–Crippen MR) is 142 cm³/mol. The first-order chi connectivity index (χ1) is 17.2. The number of urea groups is 1. The van der Waals surface area contributed by atoms with Gasteiger partial charge in [-0.25, -0.2) is 9.59 Å². The molecule has 37 heavy (non-hydrogen) atoms. The number of carbonyl (C=O) groups is 2. The lowest BCUT2D eigenvalue weighted by Crippen LogP contribution is -2.41. The van der Waals surface area contributed by atoms with Gasteiger partial charge in [0, 0.05) is 36.5 Å². The van der Waals surface area contributed by atoms with Gasteiger partial charge in [-0.1, -0.05) is 5.57 Å². The molecule has 1 aromatic heterocycles. The largest absolute Gasteiger partial charge is 0.456 e. The molecule has 2 atom stereocenters. The molecular weight excluding hydrogens is 523 g/mol. The van der Waals surface area contributed by atoms with Gasteiger partial charge in [0.15, 0.2) is 0 Å². The number of alkyl halides is 3. The second-order valence-corrected chi connectivity index (χ2v) is 13.5. The molecule has 0 saturated carbocycles. The number of hydrogen-bond donors (Lipinski definition) is 2. The highest BCUT2D eigenvalue weighted by Crippen LogP contribution is 2.51. The van der Waals surface area contributed by atoms with Gasteiger partial charge in [0.05, 0.1) is 5.56 Å². The smallest absolute Gasteiger partial charge is 0.401 e. The Bertz CT molecular complexity index is 1080. The maximum Gasteiger partial charge on any atom is 0.401 e. The first kappa shape index (κ1) is 28.3. The summed E-state index contributed by atoms with van der Waals surface area (Å²) in [6.07, 6.45) is -0.270. The standard InChI is InChI=1S/C26H36F3N3O3S2/c1-14(2)32-11-10-15-17(21(26(27,28)29)36-19(15)13-32)12-30-24(34)31-22-20(23(33)35-25(3,4)5)16-8-6-7-9-18(16)37-22/h14,17,21H,6-13H2,1-5H3,(H2,30,31,34). The number of fused-ring (bicyclic) bond motifs is 1. The van der Waals surface area contributed by atoms with Crippen LogP contribution in [0, 0.1) is 5.92 Å². The lowest BCUT2D eigenvalue weighted by molar-refractivity contribution is -0.134. The number of halogens is 3. The Morgan fingerprint density at radius 3 is 2.49 bits per heavy atom. The predicted octanol–water partition coefficient (Wildman–Crippen LogP) is 6.37. The van der Waals surface area contributed by atoms with Crippen molar-refractivity contribution in [2.45, 2.75) is 89.8 Å². The molecule has 3 heterocycles. The number of nitrogens with zero attached hydrogens (tertiary/aromatic N) is 1. The maximum atomic E-state index is 13.9. The molecule has 2 aliphatic heterocycles. The third kappa shape index (κ3) is 6.47. The van der Waals surface area contributed by atoms with Gasteiger partial charge in [-0.15, -0.1) is 23.1 Å². The molecule has 0 aromatic carbocycles. The fraction of sp³-hybridized carbons (Fsp3) is 0.692. The summed E-state index contributed by atoms with van der Waals surface area (Å²) in [7, 11) is 0. The minimum absolute atomic E-state index is 0.115. The molecule has 4 rings (SSSR count). The molecule has 1 aliphatic carbocycles. The van der Waals surface area contributed by atoms with E-state index in [1.807, 2.05) is 13.8 Å². The van der Waals surface area contributed by atoms with Crippen LogP contribution in [0.5, 0.6) is 0 Å². The van der Waals surface area contributed by atoms with Gasteiger partial charge in [0.1, 0.15) is 15.9 Å². The van der Waals surface area contributed by atoms with Gasteiger partial charge < -0.3 is 10.1 Å². The molecule has 206 valence electrons. The lowest BCUT2D eigenvalue weighted by Gasteiger charge is -2.32. The molecular formula is C26H36F3N3O3S2. The fourth-order valence-corrected chi connectivity index (χ4v) is 7.99. The van der Waals surface area contributed by atoms with Gasteiger partial charge >= 0.3 is 18.2 Å². The SMILES string of the molecule is CC(C)N1CCC2=C(C1)SC(C(F)(F)F)C2CNC(=O)Nc1sc2c(c1C(=O)OC(C)(C)C)CCCC2. The Hall–Kier alpha value is -1.72. The van der Waals surface area contributed by atoms with Crippen molar-refractivity contribution in [3.63, 3.8) is 0 Å². The second-order valence-electron chi connectivity index (χ2n) is 11.2. The quantitative estimate of drug-likeness (QED) is 0.411. The number of rotatable bonds is 5. The molecule has 2 amide bonds. The van der Waals surface area contributed by atoms with Crippen LogP contribution in [-0.2, 0) is 17.6 Å². The Kier molecular flexibility index (Phi) is 8.26. The first-order valence-electron chi connectivity index (χ1n) is 12.9. The minimum atomic E-state index is -4.37. The van der Waals surface area contributed by atoms with Crippen molar-refractivity contribution < 1.29 is 27.5 Å². The van der Waals surface area contributed by atoms with Crippen LogP contribution in [0.25, 0.3) is 0 Å². The summed E-state index contributed by atoms with van der Waals surface area (Å²) in [6.45, 7) is 10.6. The molecule has 0 spiro atoms. The molecule has 0 bridgehead atoms. The Balaban J connectivity index is 1.49. The van der Waals surface area contributed by atoms with Crippen LogP contribution in [0.4, 0.5) is 23.0 Å². The van der Waals surface area contributed by atoms with Crippen molar-refractivity contribution in [2.75, 3.05) is 25.0 Å². The number of hydrogen-bond acceptors (Lipinski definition) is 6. The van der Waals surface area contributed by atoms with E-state index in [0.29, 0.717) is 30.1 Å². The topological polar surface area (TPSA) is 70.7 Å². The third-order valence-corrected chi connectivity index (χ3v) is 9.73. The summed E-state index contributed by atoms with van der Waals surface area (Å²) in [5.41, 5.74) is 1.41. The van der Waals surface area contributed by atoms with Crippen LogP contribution in [0.15, 0.2) is 10.5 Å². The number of thiophene rings is 1. The van der Waals surface area contributed by atoms with Gasteiger partial charge in [0.25, 0.3) is 0 Å². The van der Waals surface area contributed by atoms with Gasteiger partial charge in [-0.05, 0) is 77.2 Å². The van der Waals surface area contributed by atoms with E-state index in [9.17, 15) is 22.8 Å². The van der Waals surface area contributed by atoms with E-state index >= 15 is 0 Å². The Labute approximate surface area is 224 Å². The van der Waals surface area contributed by atoms with Crippen LogP contribution in [0.3, 0.4) is 0 Å². The van der Waals surface area contributed by atoms with E-state index in [0.717, 1.165) is 58.4 Å². The van der Waals surface area contributed by atoms with Gasteiger partial charge in [-0.2, -0.15) is 13.2 Å². The summed E-state index contributed by atoms with van der Waals surface area (Å²) < 4.78 is 47.4. The van der Waals surface area contributed by atoms with E-state index in [4.69, 9.17) is 4.74 Å². The molecule has 1 aromatic rings. The summed E-state index contributed by atoms with van der Waals surface area (Å²) >= 11 is 2.26. The fourth-order valence-electron chi connectivity index (χ4n) is 5.21.